The Hall–Kier alpha value is -0.880. The zero-order valence-corrected chi connectivity index (χ0v) is 11.5. The first-order chi connectivity index (χ1) is 7.65. The average Bonchev–Trinajstić information content (AvgIpc) is 2.20. The van der Waals surface area contributed by atoms with Crippen LogP contribution in [0.15, 0.2) is 30.3 Å². The van der Waals surface area contributed by atoms with Crippen molar-refractivity contribution in [3.8, 4) is 0 Å². The van der Waals surface area contributed by atoms with Crippen LogP contribution >= 0.6 is 34.2 Å². The molecule has 0 aliphatic carbocycles. The normalized spacial score (nSPS) is 10.2. The summed E-state index contributed by atoms with van der Waals surface area (Å²) in [7, 11) is 0. The number of rotatable bonds is 2. The first-order valence-electron chi connectivity index (χ1n) is 4.68. The van der Waals surface area contributed by atoms with E-state index in [-0.39, 0.29) is 0 Å². The third-order valence-corrected chi connectivity index (χ3v) is 3.08. The van der Waals surface area contributed by atoms with Crippen LogP contribution in [0.25, 0.3) is 0 Å². The fourth-order valence-corrected chi connectivity index (χ4v) is 2.04. The molecule has 3 nitrogen and oxygen atoms in total. The molecule has 0 spiro atoms. The van der Waals surface area contributed by atoms with Crippen LogP contribution in [-0.4, -0.2) is 9.97 Å². The van der Waals surface area contributed by atoms with Crippen molar-refractivity contribution in [2.45, 2.75) is 6.92 Å². The van der Waals surface area contributed by atoms with Crippen LogP contribution in [0.3, 0.4) is 0 Å². The Morgan fingerprint density at radius 1 is 1.25 bits per heavy atom. The van der Waals surface area contributed by atoms with Gasteiger partial charge in [-0.3, -0.25) is 0 Å². The summed E-state index contributed by atoms with van der Waals surface area (Å²) in [6.45, 7) is 1.81. The van der Waals surface area contributed by atoms with Gasteiger partial charge in [0.1, 0.15) is 16.8 Å². The highest BCUT2D eigenvalue weighted by atomic mass is 127. The van der Waals surface area contributed by atoms with Crippen molar-refractivity contribution in [2.75, 3.05) is 5.32 Å². The van der Waals surface area contributed by atoms with Gasteiger partial charge in [-0.1, -0.05) is 23.7 Å². The number of aryl methyl sites for hydroxylation is 1. The molecule has 82 valence electrons. The molecule has 2 rings (SSSR count). The number of benzene rings is 1. The van der Waals surface area contributed by atoms with Gasteiger partial charge in [-0.05, 0) is 41.6 Å². The minimum absolute atomic E-state index is 0.445. The molecule has 1 aromatic heterocycles. The number of nitrogens with zero attached hydrogens (tertiary/aromatic N) is 2. The second-order valence-corrected chi connectivity index (χ2v) is 4.78. The van der Waals surface area contributed by atoms with Crippen LogP contribution in [0, 0.1) is 10.5 Å². The van der Waals surface area contributed by atoms with E-state index in [1.54, 1.807) is 6.07 Å². The van der Waals surface area contributed by atoms with Gasteiger partial charge in [0, 0.05) is 9.64 Å². The summed E-state index contributed by atoms with van der Waals surface area (Å²) < 4.78 is 1.13. The molecule has 5 heteroatoms. The Labute approximate surface area is 112 Å². The summed E-state index contributed by atoms with van der Waals surface area (Å²) in [5, 5.41) is 3.66. The lowest BCUT2D eigenvalue weighted by molar-refractivity contribution is 1.06. The molecular weight excluding hydrogens is 336 g/mol. The molecular formula is C11H9ClIN3. The highest BCUT2D eigenvalue weighted by Gasteiger charge is 2.02. The van der Waals surface area contributed by atoms with Gasteiger partial charge >= 0.3 is 0 Å². The number of nitrogens with one attached hydrogen (secondary N) is 1. The number of para-hydroxylation sites is 1. The fraction of sp³-hybridized carbons (Fsp3) is 0.0909. The van der Waals surface area contributed by atoms with E-state index in [0.29, 0.717) is 16.8 Å². The van der Waals surface area contributed by atoms with E-state index >= 15 is 0 Å². The predicted molar refractivity (Wildman–Crippen MR) is 74.2 cm³/mol. The smallest absolute Gasteiger partial charge is 0.135 e. The second kappa shape index (κ2) is 4.97. The highest BCUT2D eigenvalue weighted by Crippen LogP contribution is 2.22. The lowest BCUT2D eigenvalue weighted by Gasteiger charge is -2.08. The highest BCUT2D eigenvalue weighted by molar-refractivity contribution is 14.1. The van der Waals surface area contributed by atoms with Crippen LogP contribution in [0.5, 0.6) is 0 Å². The van der Waals surface area contributed by atoms with E-state index in [4.69, 9.17) is 11.6 Å². The zero-order chi connectivity index (χ0) is 11.5. The number of anilines is 2. The Kier molecular flexibility index (Phi) is 3.60. The van der Waals surface area contributed by atoms with Crippen LogP contribution in [0.2, 0.25) is 5.15 Å². The van der Waals surface area contributed by atoms with Crippen molar-refractivity contribution in [2.24, 2.45) is 0 Å². The average molecular weight is 346 g/mol. The molecule has 0 aliphatic heterocycles. The molecule has 0 saturated carbocycles. The first-order valence-corrected chi connectivity index (χ1v) is 6.13. The summed E-state index contributed by atoms with van der Waals surface area (Å²) >= 11 is 8.13. The molecule has 1 heterocycles. The minimum atomic E-state index is 0.445. The molecule has 0 aliphatic rings. The van der Waals surface area contributed by atoms with Crippen molar-refractivity contribution < 1.29 is 0 Å². The van der Waals surface area contributed by atoms with Crippen molar-refractivity contribution in [3.05, 3.63) is 44.9 Å². The van der Waals surface area contributed by atoms with Crippen molar-refractivity contribution >= 4 is 45.7 Å². The molecule has 16 heavy (non-hydrogen) atoms. The van der Waals surface area contributed by atoms with Gasteiger partial charge in [0.15, 0.2) is 0 Å². The van der Waals surface area contributed by atoms with Gasteiger partial charge < -0.3 is 5.32 Å². The Morgan fingerprint density at radius 3 is 2.69 bits per heavy atom. The molecule has 0 saturated heterocycles. The van der Waals surface area contributed by atoms with Crippen molar-refractivity contribution in [3.63, 3.8) is 0 Å². The van der Waals surface area contributed by atoms with E-state index in [1.807, 2.05) is 31.2 Å². The number of hydrogen-bond donors (Lipinski definition) is 1. The van der Waals surface area contributed by atoms with Gasteiger partial charge in [-0.15, -0.1) is 0 Å². The fourth-order valence-electron chi connectivity index (χ4n) is 1.30. The minimum Gasteiger partial charge on any atom is -0.339 e. The van der Waals surface area contributed by atoms with E-state index < -0.39 is 0 Å². The molecule has 1 aromatic carbocycles. The number of halogens is 2. The van der Waals surface area contributed by atoms with Crippen molar-refractivity contribution in [1.82, 2.24) is 9.97 Å². The molecule has 0 atom stereocenters. The monoisotopic (exact) mass is 345 g/mol. The van der Waals surface area contributed by atoms with Crippen LogP contribution in [0.1, 0.15) is 5.82 Å². The van der Waals surface area contributed by atoms with Gasteiger partial charge in [-0.25, -0.2) is 9.97 Å². The summed E-state index contributed by atoms with van der Waals surface area (Å²) in [6.07, 6.45) is 0. The van der Waals surface area contributed by atoms with Crippen LogP contribution in [0.4, 0.5) is 11.5 Å². The second-order valence-electron chi connectivity index (χ2n) is 3.23. The van der Waals surface area contributed by atoms with Gasteiger partial charge in [0.05, 0.1) is 5.69 Å². The van der Waals surface area contributed by atoms with Crippen molar-refractivity contribution in [1.29, 1.82) is 0 Å². The SMILES string of the molecule is Cc1nc(Cl)cc(Nc2ccccc2I)n1. The molecule has 0 amide bonds. The van der Waals surface area contributed by atoms with E-state index in [9.17, 15) is 0 Å². The summed E-state index contributed by atoms with van der Waals surface area (Å²) in [4.78, 5) is 8.27. The quantitative estimate of drug-likeness (QED) is 0.665. The molecule has 1 N–H and O–H groups in total. The van der Waals surface area contributed by atoms with E-state index in [0.717, 1.165) is 9.26 Å². The third-order valence-electron chi connectivity index (χ3n) is 1.94. The van der Waals surface area contributed by atoms with Gasteiger partial charge in [0.2, 0.25) is 0 Å². The summed E-state index contributed by atoms with van der Waals surface area (Å²) in [6, 6.07) is 9.69. The van der Waals surface area contributed by atoms with E-state index in [2.05, 4.69) is 37.9 Å². The molecule has 0 fully saturated rings. The first kappa shape index (κ1) is 11.6. The van der Waals surface area contributed by atoms with Gasteiger partial charge in [0.25, 0.3) is 0 Å². The third kappa shape index (κ3) is 2.82. The lowest BCUT2D eigenvalue weighted by Crippen LogP contribution is -1.98. The van der Waals surface area contributed by atoms with Crippen LogP contribution < -0.4 is 5.32 Å². The maximum Gasteiger partial charge on any atom is 0.135 e. The molecule has 0 unspecified atom stereocenters. The number of hydrogen-bond acceptors (Lipinski definition) is 3. The Morgan fingerprint density at radius 2 is 2.00 bits per heavy atom. The predicted octanol–water partition coefficient (Wildman–Crippen LogP) is 3.79. The largest absolute Gasteiger partial charge is 0.339 e. The molecule has 0 radical (unpaired) electrons. The lowest BCUT2D eigenvalue weighted by atomic mass is 10.3. The number of aromatic nitrogens is 2. The standard InChI is InChI=1S/C11H9ClIN3/c1-7-14-10(12)6-11(15-7)16-9-5-3-2-4-8(9)13/h2-6H,1H3,(H,14,15,16). The Balaban J connectivity index is 2.30. The maximum absolute atomic E-state index is 5.86. The topological polar surface area (TPSA) is 37.8 Å². The summed E-state index contributed by atoms with van der Waals surface area (Å²) in [5.74, 6) is 1.36. The summed E-state index contributed by atoms with van der Waals surface area (Å²) in [5.41, 5.74) is 1.01. The molecule has 0 bridgehead atoms. The Bertz CT molecular complexity index is 496. The van der Waals surface area contributed by atoms with E-state index in [1.165, 1.54) is 0 Å². The maximum atomic E-state index is 5.86. The zero-order valence-electron chi connectivity index (χ0n) is 8.54. The van der Waals surface area contributed by atoms with Crippen LogP contribution in [-0.2, 0) is 0 Å². The molecule has 2 aromatic rings. The van der Waals surface area contributed by atoms with Gasteiger partial charge in [-0.2, -0.15) is 0 Å².